The van der Waals surface area contributed by atoms with Gasteiger partial charge in [-0.05, 0) is 105 Å². The van der Waals surface area contributed by atoms with Crippen LogP contribution in [0.4, 0.5) is 30.7 Å². The SMILES string of the molecule is CCCC1CCC(C2CCC(C3CCC(CCF)CC3)CC2)CC1.Fc1ccc(OC(F)(F)C(F)F)c(F)c1. The molecule has 0 aliphatic heterocycles. The maximum atomic E-state index is 12.7. The number of benzene rings is 1. The van der Waals surface area contributed by atoms with E-state index in [1.165, 1.54) is 89.9 Å². The summed E-state index contributed by atoms with van der Waals surface area (Å²) in [6, 6.07) is 1.36. The van der Waals surface area contributed by atoms with Gasteiger partial charge < -0.3 is 4.74 Å². The van der Waals surface area contributed by atoms with Crippen LogP contribution in [0.5, 0.6) is 5.75 Å². The summed E-state index contributed by atoms with van der Waals surface area (Å²) in [6.45, 7) is 2.25. The Hall–Kier alpha value is -1.47. The molecule has 0 N–H and O–H groups in total. The second-order valence-corrected chi connectivity index (χ2v) is 12.0. The average Bonchev–Trinajstić information content (AvgIpc) is 2.92. The summed E-state index contributed by atoms with van der Waals surface area (Å²) < 4.78 is 88.8. The second-order valence-electron chi connectivity index (χ2n) is 12.0. The highest BCUT2D eigenvalue weighted by atomic mass is 19.3. The van der Waals surface area contributed by atoms with Crippen molar-refractivity contribution in [3.8, 4) is 5.75 Å². The van der Waals surface area contributed by atoms with Crippen molar-refractivity contribution in [2.24, 2.45) is 35.5 Å². The fourth-order valence-electron chi connectivity index (χ4n) is 7.30. The van der Waals surface area contributed by atoms with E-state index in [1.54, 1.807) is 0 Å². The molecule has 0 spiro atoms. The summed E-state index contributed by atoms with van der Waals surface area (Å²) in [5.41, 5.74) is 0. The van der Waals surface area contributed by atoms with Gasteiger partial charge in [-0.3, -0.25) is 4.39 Å². The lowest BCUT2D eigenvalue weighted by Crippen LogP contribution is -2.33. The van der Waals surface area contributed by atoms with Gasteiger partial charge in [0.1, 0.15) is 5.82 Å². The van der Waals surface area contributed by atoms with E-state index < -0.39 is 29.9 Å². The van der Waals surface area contributed by atoms with Crippen molar-refractivity contribution in [2.75, 3.05) is 6.67 Å². The van der Waals surface area contributed by atoms with Gasteiger partial charge in [-0.2, -0.15) is 17.6 Å². The molecule has 1 aromatic carbocycles. The molecule has 0 radical (unpaired) electrons. The molecule has 0 amide bonds. The minimum absolute atomic E-state index is 0.0963. The maximum absolute atomic E-state index is 12.7. The molecule has 8 heteroatoms. The van der Waals surface area contributed by atoms with Gasteiger partial charge in [0.05, 0.1) is 6.67 Å². The summed E-state index contributed by atoms with van der Waals surface area (Å²) in [7, 11) is 0. The highest BCUT2D eigenvalue weighted by molar-refractivity contribution is 5.25. The Kier molecular flexibility index (Phi) is 12.7. The lowest BCUT2D eigenvalue weighted by molar-refractivity contribution is -0.254. The van der Waals surface area contributed by atoms with Crippen LogP contribution in [0, 0.1) is 47.1 Å². The van der Waals surface area contributed by atoms with Crippen molar-refractivity contribution in [1.82, 2.24) is 0 Å². The van der Waals surface area contributed by atoms with Gasteiger partial charge in [0.15, 0.2) is 11.6 Å². The average molecular weight is 567 g/mol. The molecule has 0 unspecified atom stereocenters. The summed E-state index contributed by atoms with van der Waals surface area (Å²) in [5.74, 6) is 2.26. The number of hydrogen-bond donors (Lipinski definition) is 0. The molecular weight excluding hydrogens is 521 g/mol. The largest absolute Gasteiger partial charge is 0.461 e. The van der Waals surface area contributed by atoms with Crippen molar-refractivity contribution < 1.29 is 35.5 Å². The molecule has 0 heterocycles. The molecule has 4 rings (SSSR count). The Bertz CT molecular complexity index is 790. The van der Waals surface area contributed by atoms with Crippen LogP contribution in [0.2, 0.25) is 0 Å². The summed E-state index contributed by atoms with van der Waals surface area (Å²) >= 11 is 0. The van der Waals surface area contributed by atoms with Crippen LogP contribution in [0.25, 0.3) is 0 Å². The zero-order valence-corrected chi connectivity index (χ0v) is 23.1. The molecule has 3 aliphatic rings. The number of rotatable bonds is 9. The van der Waals surface area contributed by atoms with E-state index in [1.807, 2.05) is 0 Å². The lowest BCUT2D eigenvalue weighted by Gasteiger charge is -2.41. The van der Waals surface area contributed by atoms with Crippen LogP contribution in [0.3, 0.4) is 0 Å². The number of halogens is 7. The highest BCUT2D eigenvalue weighted by Crippen LogP contribution is 2.46. The third-order valence-electron chi connectivity index (χ3n) is 9.54. The van der Waals surface area contributed by atoms with Crippen molar-refractivity contribution in [3.05, 3.63) is 29.8 Å². The van der Waals surface area contributed by atoms with Crippen molar-refractivity contribution in [3.63, 3.8) is 0 Å². The van der Waals surface area contributed by atoms with Crippen molar-refractivity contribution in [1.29, 1.82) is 0 Å². The Labute approximate surface area is 229 Å². The van der Waals surface area contributed by atoms with Gasteiger partial charge in [0, 0.05) is 6.07 Å². The first kappa shape index (κ1) is 32.0. The molecular formula is C31H45F7O. The molecule has 224 valence electrons. The van der Waals surface area contributed by atoms with Crippen LogP contribution in [-0.4, -0.2) is 19.2 Å². The Morgan fingerprint density at radius 3 is 1.56 bits per heavy atom. The predicted octanol–water partition coefficient (Wildman–Crippen LogP) is 10.8. The smallest absolute Gasteiger partial charge is 0.425 e. The summed E-state index contributed by atoms with van der Waals surface area (Å²) in [5, 5.41) is 0. The molecule has 3 fully saturated rings. The normalized spacial score (nSPS) is 30.0. The van der Waals surface area contributed by atoms with E-state index in [0.29, 0.717) is 18.1 Å². The predicted molar refractivity (Wildman–Crippen MR) is 140 cm³/mol. The van der Waals surface area contributed by atoms with Crippen LogP contribution >= 0.6 is 0 Å². The van der Waals surface area contributed by atoms with E-state index in [-0.39, 0.29) is 12.7 Å². The van der Waals surface area contributed by atoms with E-state index in [2.05, 4.69) is 11.7 Å². The number of hydrogen-bond acceptors (Lipinski definition) is 1. The highest BCUT2D eigenvalue weighted by Gasteiger charge is 2.44. The van der Waals surface area contributed by atoms with Crippen molar-refractivity contribution in [2.45, 2.75) is 116 Å². The third kappa shape index (κ3) is 9.84. The molecule has 39 heavy (non-hydrogen) atoms. The minimum Gasteiger partial charge on any atom is -0.425 e. The van der Waals surface area contributed by atoms with Gasteiger partial charge in [0.25, 0.3) is 0 Å². The first-order chi connectivity index (χ1) is 18.6. The van der Waals surface area contributed by atoms with Gasteiger partial charge in [0.2, 0.25) is 0 Å². The second kappa shape index (κ2) is 15.5. The Morgan fingerprint density at radius 2 is 1.18 bits per heavy atom. The van der Waals surface area contributed by atoms with Crippen LogP contribution in [-0.2, 0) is 0 Å². The van der Waals surface area contributed by atoms with Crippen LogP contribution in [0.15, 0.2) is 18.2 Å². The zero-order valence-electron chi connectivity index (χ0n) is 23.1. The number of ether oxygens (including phenoxy) is 1. The molecule has 1 aromatic rings. The van der Waals surface area contributed by atoms with E-state index in [9.17, 15) is 30.7 Å². The zero-order chi connectivity index (χ0) is 28.4. The molecule has 3 aliphatic carbocycles. The van der Waals surface area contributed by atoms with E-state index in [4.69, 9.17) is 0 Å². The summed E-state index contributed by atoms with van der Waals surface area (Å²) in [4.78, 5) is 0. The molecule has 0 saturated heterocycles. The topological polar surface area (TPSA) is 9.23 Å². The molecule has 0 bridgehead atoms. The molecule has 0 atom stereocenters. The van der Waals surface area contributed by atoms with Crippen molar-refractivity contribution >= 4 is 0 Å². The molecule has 1 nitrogen and oxygen atoms in total. The fraction of sp³-hybridized carbons (Fsp3) is 0.806. The van der Waals surface area contributed by atoms with Crippen LogP contribution in [0.1, 0.15) is 103 Å². The van der Waals surface area contributed by atoms with Gasteiger partial charge in [-0.25, -0.2) is 8.78 Å². The third-order valence-corrected chi connectivity index (χ3v) is 9.54. The maximum Gasteiger partial charge on any atom is 0.461 e. The minimum atomic E-state index is -4.81. The molecule has 0 aromatic heterocycles. The van der Waals surface area contributed by atoms with Gasteiger partial charge >= 0.3 is 12.5 Å². The quantitative estimate of drug-likeness (QED) is 0.270. The monoisotopic (exact) mass is 566 g/mol. The van der Waals surface area contributed by atoms with Gasteiger partial charge in [-0.15, -0.1) is 0 Å². The van der Waals surface area contributed by atoms with E-state index in [0.717, 1.165) is 36.0 Å². The summed E-state index contributed by atoms with van der Waals surface area (Å²) in [6.07, 6.45) is 12.4. The van der Waals surface area contributed by atoms with Gasteiger partial charge in [-0.1, -0.05) is 45.4 Å². The van der Waals surface area contributed by atoms with E-state index >= 15 is 0 Å². The first-order valence-corrected chi connectivity index (χ1v) is 15.0. The number of alkyl halides is 5. The lowest BCUT2D eigenvalue weighted by atomic mass is 9.65. The standard InChI is InChI=1S/C23H41F.C8H4F6O/c1-2-3-18-4-8-20(9-5-18)22-12-14-23(15-13-22)21-10-6-19(7-11-21)16-17-24;9-4-1-2-6(5(10)3-4)15-8(13,14)7(11)12/h18-23H,2-17H2,1H3;1-3,7H. The van der Waals surface area contributed by atoms with Crippen LogP contribution < -0.4 is 4.74 Å². The Balaban J connectivity index is 0.000000242. The molecule has 3 saturated carbocycles. The Morgan fingerprint density at radius 1 is 0.744 bits per heavy atom. The fourth-order valence-corrected chi connectivity index (χ4v) is 7.30. The first-order valence-electron chi connectivity index (χ1n) is 15.0.